The maximum absolute atomic E-state index is 13.6. The van der Waals surface area contributed by atoms with Gasteiger partial charge in [-0.3, -0.25) is 19.4 Å². The van der Waals surface area contributed by atoms with E-state index in [0.29, 0.717) is 35.2 Å². The summed E-state index contributed by atoms with van der Waals surface area (Å²) in [6.07, 6.45) is 6.63. The largest absolute Gasteiger partial charge is 0.319 e. The Labute approximate surface area is 183 Å². The Kier molecular flexibility index (Phi) is 5.70. The quantitative estimate of drug-likeness (QED) is 0.825. The van der Waals surface area contributed by atoms with Crippen molar-refractivity contribution in [3.63, 3.8) is 0 Å². The highest BCUT2D eigenvalue weighted by Gasteiger charge is 2.32. The van der Waals surface area contributed by atoms with Crippen molar-refractivity contribution in [1.82, 2.24) is 14.8 Å². The van der Waals surface area contributed by atoms with Crippen LogP contribution in [0.25, 0.3) is 0 Å². The number of nitrogens with zero attached hydrogens (tertiary/aromatic N) is 4. The Morgan fingerprint density at radius 1 is 1.03 bits per heavy atom. The Morgan fingerprint density at radius 3 is 2.71 bits per heavy atom. The maximum Gasteiger partial charge on any atom is 0.257 e. The van der Waals surface area contributed by atoms with Crippen LogP contribution in [0.3, 0.4) is 0 Å². The molecule has 31 heavy (non-hydrogen) atoms. The number of carbonyl (C=O) groups is 2. The molecule has 1 aromatic heterocycles. The number of carbonyl (C=O) groups excluding carboxylic acids is 2. The fourth-order valence-corrected chi connectivity index (χ4v) is 5.13. The molecule has 3 aliphatic rings. The number of aromatic nitrogens is 1. The summed E-state index contributed by atoms with van der Waals surface area (Å²) in [5, 5.41) is 2.90. The molecule has 1 atom stereocenters. The van der Waals surface area contributed by atoms with Crippen molar-refractivity contribution in [2.45, 2.75) is 25.7 Å². The van der Waals surface area contributed by atoms with E-state index < -0.39 is 0 Å². The monoisotopic (exact) mass is 419 g/mol. The van der Waals surface area contributed by atoms with Crippen molar-refractivity contribution in [2.75, 3.05) is 49.5 Å². The zero-order chi connectivity index (χ0) is 21.2. The number of likely N-dealkylation sites (tertiary alicyclic amines) is 2. The van der Waals surface area contributed by atoms with Crippen molar-refractivity contribution in [3.8, 4) is 0 Å². The van der Waals surface area contributed by atoms with Gasteiger partial charge in [-0.2, -0.15) is 0 Å². The van der Waals surface area contributed by atoms with E-state index in [1.807, 2.05) is 18.2 Å². The van der Waals surface area contributed by atoms with E-state index in [4.69, 9.17) is 0 Å². The number of piperidine rings is 1. The number of para-hydroxylation sites is 1. The summed E-state index contributed by atoms with van der Waals surface area (Å²) in [6.45, 7) is 5.77. The van der Waals surface area contributed by atoms with Gasteiger partial charge in [-0.1, -0.05) is 12.1 Å². The van der Waals surface area contributed by atoms with Crippen molar-refractivity contribution >= 4 is 29.0 Å². The molecular weight excluding hydrogens is 390 g/mol. The average molecular weight is 420 g/mol. The van der Waals surface area contributed by atoms with Gasteiger partial charge in [0.2, 0.25) is 5.91 Å². The number of hydrogen-bond acceptors (Lipinski definition) is 5. The summed E-state index contributed by atoms with van der Waals surface area (Å²) in [4.78, 5) is 37.3. The van der Waals surface area contributed by atoms with Crippen LogP contribution in [-0.4, -0.2) is 65.9 Å². The van der Waals surface area contributed by atoms with Gasteiger partial charge in [0.1, 0.15) is 0 Å². The summed E-state index contributed by atoms with van der Waals surface area (Å²) in [5.41, 5.74) is 1.63. The van der Waals surface area contributed by atoms with Gasteiger partial charge < -0.3 is 10.2 Å². The molecule has 2 fully saturated rings. The number of anilines is 3. The van der Waals surface area contributed by atoms with Crippen LogP contribution >= 0.6 is 0 Å². The third-order valence-electron chi connectivity index (χ3n) is 6.56. The van der Waals surface area contributed by atoms with Crippen LogP contribution < -0.4 is 10.2 Å². The van der Waals surface area contributed by atoms with E-state index in [9.17, 15) is 9.59 Å². The minimum absolute atomic E-state index is 0.0503. The van der Waals surface area contributed by atoms with Crippen LogP contribution in [0.2, 0.25) is 0 Å². The Morgan fingerprint density at radius 2 is 1.84 bits per heavy atom. The molecule has 2 aromatic rings. The topological polar surface area (TPSA) is 68.8 Å². The standard InChI is InChI=1S/C24H29N5O2/c30-22(17-28-14-6-7-18(16-28)15-27-12-3-4-13-27)29-21-10-2-1-8-19(21)24(31)26-20-9-5-11-25-23(20)29/h1-2,5,8-11,18H,3-4,6-7,12-17H2,(H,26,31). The van der Waals surface area contributed by atoms with E-state index in [1.165, 1.54) is 32.4 Å². The minimum atomic E-state index is -0.219. The molecule has 4 heterocycles. The number of hydrogen-bond donors (Lipinski definition) is 1. The first-order valence-corrected chi connectivity index (χ1v) is 11.3. The van der Waals surface area contributed by atoms with Crippen LogP contribution in [-0.2, 0) is 4.79 Å². The lowest BCUT2D eigenvalue weighted by molar-refractivity contribution is -0.119. The van der Waals surface area contributed by atoms with Crippen LogP contribution in [0.1, 0.15) is 36.0 Å². The minimum Gasteiger partial charge on any atom is -0.319 e. The van der Waals surface area contributed by atoms with Gasteiger partial charge in [0.25, 0.3) is 5.91 Å². The van der Waals surface area contributed by atoms with Crippen molar-refractivity contribution in [2.24, 2.45) is 5.92 Å². The fraction of sp³-hybridized carbons (Fsp3) is 0.458. The molecule has 7 heteroatoms. The predicted octanol–water partition coefficient (Wildman–Crippen LogP) is 3.12. The molecule has 3 aliphatic heterocycles. The highest BCUT2D eigenvalue weighted by molar-refractivity contribution is 6.17. The van der Waals surface area contributed by atoms with E-state index in [2.05, 4.69) is 20.1 Å². The van der Waals surface area contributed by atoms with E-state index in [-0.39, 0.29) is 11.8 Å². The Hall–Kier alpha value is -2.77. The summed E-state index contributed by atoms with van der Waals surface area (Å²) < 4.78 is 0. The lowest BCUT2D eigenvalue weighted by Crippen LogP contribution is -2.45. The third kappa shape index (κ3) is 4.20. The molecule has 5 rings (SSSR count). The number of benzene rings is 1. The van der Waals surface area contributed by atoms with Gasteiger partial charge >= 0.3 is 0 Å². The highest BCUT2D eigenvalue weighted by Crippen LogP contribution is 2.36. The number of rotatable bonds is 4. The molecule has 2 saturated heterocycles. The Bertz CT molecular complexity index is 972. The second kappa shape index (κ2) is 8.77. The van der Waals surface area contributed by atoms with Gasteiger partial charge in [0, 0.05) is 19.3 Å². The summed E-state index contributed by atoms with van der Waals surface area (Å²) in [7, 11) is 0. The summed E-state index contributed by atoms with van der Waals surface area (Å²) in [5.74, 6) is 0.829. The third-order valence-corrected chi connectivity index (χ3v) is 6.56. The molecule has 0 spiro atoms. The van der Waals surface area contributed by atoms with Gasteiger partial charge in [-0.25, -0.2) is 4.98 Å². The molecule has 162 valence electrons. The first-order valence-electron chi connectivity index (χ1n) is 11.3. The first kappa shape index (κ1) is 20.2. The second-order valence-corrected chi connectivity index (χ2v) is 8.83. The van der Waals surface area contributed by atoms with E-state index in [0.717, 1.165) is 26.1 Å². The molecule has 1 unspecified atom stereocenters. The van der Waals surface area contributed by atoms with E-state index in [1.54, 1.807) is 29.3 Å². The van der Waals surface area contributed by atoms with Crippen molar-refractivity contribution in [3.05, 3.63) is 48.2 Å². The van der Waals surface area contributed by atoms with Crippen LogP contribution in [0.15, 0.2) is 42.6 Å². The van der Waals surface area contributed by atoms with Crippen molar-refractivity contribution < 1.29 is 9.59 Å². The maximum atomic E-state index is 13.6. The molecule has 2 amide bonds. The predicted molar refractivity (Wildman–Crippen MR) is 121 cm³/mol. The number of nitrogens with one attached hydrogen (secondary N) is 1. The second-order valence-electron chi connectivity index (χ2n) is 8.83. The molecule has 1 N–H and O–H groups in total. The molecule has 1 aromatic carbocycles. The van der Waals surface area contributed by atoms with Gasteiger partial charge in [-0.05, 0) is 75.5 Å². The van der Waals surface area contributed by atoms with Gasteiger partial charge in [0.05, 0.1) is 23.5 Å². The molecule has 0 bridgehead atoms. The highest BCUT2D eigenvalue weighted by atomic mass is 16.2. The normalized spacial score (nSPS) is 21.9. The van der Waals surface area contributed by atoms with Crippen LogP contribution in [0.4, 0.5) is 17.2 Å². The molecule has 0 aliphatic carbocycles. The lowest BCUT2D eigenvalue weighted by atomic mass is 9.97. The number of amides is 2. The van der Waals surface area contributed by atoms with Crippen LogP contribution in [0.5, 0.6) is 0 Å². The van der Waals surface area contributed by atoms with Gasteiger partial charge in [-0.15, -0.1) is 0 Å². The average Bonchev–Trinajstić information content (AvgIpc) is 3.24. The number of pyridine rings is 1. The number of fused-ring (bicyclic) bond motifs is 2. The Balaban J connectivity index is 1.37. The SMILES string of the molecule is O=C1Nc2cccnc2N(C(=O)CN2CCCC(CN3CCCC3)C2)c2ccccc21. The zero-order valence-electron chi connectivity index (χ0n) is 17.8. The molecule has 0 saturated carbocycles. The van der Waals surface area contributed by atoms with E-state index >= 15 is 0 Å². The molecule has 0 radical (unpaired) electrons. The first-order chi connectivity index (χ1) is 15.2. The zero-order valence-corrected chi connectivity index (χ0v) is 17.8. The van der Waals surface area contributed by atoms with Crippen molar-refractivity contribution in [1.29, 1.82) is 0 Å². The summed E-state index contributed by atoms with van der Waals surface area (Å²) in [6, 6.07) is 10.8. The molecular formula is C24H29N5O2. The smallest absolute Gasteiger partial charge is 0.257 e. The van der Waals surface area contributed by atoms with Crippen LogP contribution in [0, 0.1) is 5.92 Å². The van der Waals surface area contributed by atoms with Gasteiger partial charge in [0.15, 0.2) is 5.82 Å². The molecule has 7 nitrogen and oxygen atoms in total. The summed E-state index contributed by atoms with van der Waals surface area (Å²) >= 11 is 0. The fourth-order valence-electron chi connectivity index (χ4n) is 5.13. The lowest BCUT2D eigenvalue weighted by Gasteiger charge is -2.35.